The van der Waals surface area contributed by atoms with Crippen LogP contribution in [0, 0.1) is 31.6 Å². The summed E-state index contributed by atoms with van der Waals surface area (Å²) in [6, 6.07) is 19.2. The average molecular weight is 515 g/mol. The summed E-state index contributed by atoms with van der Waals surface area (Å²) in [5.74, 6) is 2.97. The normalized spacial score (nSPS) is 15.1. The lowest BCUT2D eigenvalue weighted by atomic mass is 9.89. The van der Waals surface area contributed by atoms with Crippen molar-refractivity contribution in [2.24, 2.45) is 24.8 Å². The Kier molecular flexibility index (Phi) is 8.68. The van der Waals surface area contributed by atoms with E-state index in [0.717, 1.165) is 23.7 Å². The van der Waals surface area contributed by atoms with E-state index in [4.69, 9.17) is 0 Å². The third-order valence-electron chi connectivity index (χ3n) is 8.92. The van der Waals surface area contributed by atoms with Gasteiger partial charge in [0.25, 0.3) is 0 Å². The molecule has 0 spiro atoms. The summed E-state index contributed by atoms with van der Waals surface area (Å²) in [5.41, 5.74) is 7.23. The zero-order valence-electron chi connectivity index (χ0n) is 25.2. The van der Waals surface area contributed by atoms with E-state index in [1.54, 1.807) is 10.8 Å². The second-order valence-corrected chi connectivity index (χ2v) is 18.0. The van der Waals surface area contributed by atoms with E-state index < -0.39 is 8.07 Å². The average Bonchev–Trinajstić information content (AvgIpc) is 3.34. The molecule has 3 aromatic rings. The summed E-state index contributed by atoms with van der Waals surface area (Å²) >= 11 is 0. The minimum atomic E-state index is -1.64. The Balaban J connectivity index is 1.89. The van der Waals surface area contributed by atoms with Crippen molar-refractivity contribution < 1.29 is 4.57 Å². The van der Waals surface area contributed by atoms with Crippen LogP contribution in [0.3, 0.4) is 0 Å². The number of hydrogen-bond donors (Lipinski definition) is 0. The maximum absolute atomic E-state index is 2.61. The Morgan fingerprint density at radius 3 is 1.97 bits per heavy atom. The van der Waals surface area contributed by atoms with Gasteiger partial charge in [0.1, 0.15) is 7.05 Å². The molecule has 0 atom stereocenters. The van der Waals surface area contributed by atoms with Crippen LogP contribution in [0.1, 0.15) is 89.8 Å². The summed E-state index contributed by atoms with van der Waals surface area (Å²) < 4.78 is 2.36. The molecule has 0 saturated heterocycles. The minimum absolute atomic E-state index is 0.736. The number of fused-ring (bicyclic) bond motifs is 1. The van der Waals surface area contributed by atoms with E-state index in [2.05, 4.69) is 110 Å². The minimum Gasteiger partial charge on any atom is -0.200 e. The molecule has 4 rings (SSSR count). The fourth-order valence-corrected chi connectivity index (χ4v) is 14.4. The zero-order chi connectivity index (χ0) is 26.9. The summed E-state index contributed by atoms with van der Waals surface area (Å²) in [6.45, 7) is 19.2. The zero-order valence-corrected chi connectivity index (χ0v) is 26.2. The van der Waals surface area contributed by atoms with Gasteiger partial charge in [0.05, 0.1) is 19.0 Å². The van der Waals surface area contributed by atoms with Crippen LogP contribution in [0.4, 0.5) is 0 Å². The van der Waals surface area contributed by atoms with Gasteiger partial charge in [-0.15, -0.1) is 0 Å². The molecule has 1 saturated carbocycles. The molecule has 2 heteroatoms. The number of pyridine rings is 1. The number of aromatic nitrogens is 1. The van der Waals surface area contributed by atoms with Gasteiger partial charge in [-0.05, 0) is 84.6 Å². The van der Waals surface area contributed by atoms with Gasteiger partial charge in [0.15, 0.2) is 6.20 Å². The molecule has 37 heavy (non-hydrogen) atoms. The topological polar surface area (TPSA) is 3.88 Å². The van der Waals surface area contributed by atoms with Gasteiger partial charge in [-0.2, -0.15) is 0 Å². The largest absolute Gasteiger partial charge is 0.220 e. The molecule has 0 aliphatic heterocycles. The molecule has 0 N–H and O–H groups in total. The van der Waals surface area contributed by atoms with Crippen molar-refractivity contribution in [1.29, 1.82) is 0 Å². The molecular formula is C35H52NSi+. The Hall–Kier alpha value is -1.93. The van der Waals surface area contributed by atoms with Gasteiger partial charge in [-0.25, -0.2) is 4.57 Å². The maximum atomic E-state index is 2.61. The van der Waals surface area contributed by atoms with Gasteiger partial charge in [0, 0.05) is 6.07 Å². The highest BCUT2D eigenvalue weighted by Gasteiger charge is 2.37. The van der Waals surface area contributed by atoms with Crippen LogP contribution in [0.2, 0.25) is 18.1 Å². The summed E-state index contributed by atoms with van der Waals surface area (Å²) in [7, 11) is 0.589. The molecule has 1 fully saturated rings. The first-order valence-corrected chi connectivity index (χ1v) is 17.7. The first-order chi connectivity index (χ1) is 17.5. The second kappa shape index (κ2) is 11.4. The number of nitrogens with zero attached hydrogens (tertiary/aromatic N) is 1. The van der Waals surface area contributed by atoms with Crippen LogP contribution >= 0.6 is 0 Å². The van der Waals surface area contributed by atoms with E-state index in [0.29, 0.717) is 0 Å². The van der Waals surface area contributed by atoms with Crippen molar-refractivity contribution in [2.75, 3.05) is 0 Å². The highest BCUT2D eigenvalue weighted by atomic mass is 28.3. The van der Waals surface area contributed by atoms with Crippen LogP contribution in [0.25, 0.3) is 22.0 Å². The third kappa shape index (κ3) is 6.05. The molecular weight excluding hydrogens is 462 g/mol. The van der Waals surface area contributed by atoms with E-state index in [-0.39, 0.29) is 0 Å². The summed E-state index contributed by atoms with van der Waals surface area (Å²) in [5, 5.41) is 4.51. The standard InChI is InChI=1S/C35H52NSi/c1-24(2)21-37(22-25(3)4,23-26(5)6)32-14-15-33-30(19-32)16-17-36(9)35(33)34-20-31(18-27(7)28(34)8)29-12-10-11-13-29/h14-20,24-26,29H,10-13,21-23H2,1-9H3/q+1. The van der Waals surface area contributed by atoms with E-state index in [1.807, 2.05) is 0 Å². The van der Waals surface area contributed by atoms with Crippen molar-refractivity contribution in [3.05, 3.63) is 59.3 Å². The smallest absolute Gasteiger partial charge is 0.200 e. The first-order valence-electron chi connectivity index (χ1n) is 15.0. The number of rotatable bonds is 9. The Morgan fingerprint density at radius 2 is 1.41 bits per heavy atom. The van der Waals surface area contributed by atoms with Crippen LogP contribution in [-0.2, 0) is 7.05 Å². The monoisotopic (exact) mass is 514 g/mol. The van der Waals surface area contributed by atoms with Gasteiger partial charge < -0.3 is 0 Å². The van der Waals surface area contributed by atoms with Crippen molar-refractivity contribution in [3.63, 3.8) is 0 Å². The SMILES string of the molecule is Cc1cc(C2CCCC2)cc(-c2c3ccc([Si](CC(C)C)(CC(C)C)CC(C)C)cc3cc[n+]2C)c1C. The maximum Gasteiger partial charge on any atom is 0.220 e. The lowest BCUT2D eigenvalue weighted by Gasteiger charge is -2.37. The van der Waals surface area contributed by atoms with E-state index in [1.165, 1.54) is 77.0 Å². The molecule has 200 valence electrons. The molecule has 1 heterocycles. The van der Waals surface area contributed by atoms with Gasteiger partial charge in [0.2, 0.25) is 5.69 Å². The second-order valence-electron chi connectivity index (χ2n) is 13.6. The quantitative estimate of drug-likeness (QED) is 0.198. The fraction of sp³-hybridized carbons (Fsp3) is 0.571. The highest BCUT2D eigenvalue weighted by molar-refractivity contribution is 6.92. The molecule has 1 aromatic heterocycles. The molecule has 2 aromatic carbocycles. The lowest BCUT2D eigenvalue weighted by Crippen LogP contribution is -2.50. The number of aryl methyl sites for hydroxylation is 2. The Labute approximate surface area is 228 Å². The van der Waals surface area contributed by atoms with Crippen molar-refractivity contribution >= 4 is 24.0 Å². The van der Waals surface area contributed by atoms with Gasteiger partial charge in [-0.3, -0.25) is 0 Å². The van der Waals surface area contributed by atoms with Crippen molar-refractivity contribution in [2.45, 2.75) is 105 Å². The molecule has 0 amide bonds. The number of hydrogen-bond acceptors (Lipinski definition) is 0. The number of benzene rings is 2. The molecule has 0 radical (unpaired) electrons. The van der Waals surface area contributed by atoms with Crippen molar-refractivity contribution in [1.82, 2.24) is 0 Å². The Bertz CT molecular complexity index is 1200. The van der Waals surface area contributed by atoms with Crippen LogP contribution in [0.15, 0.2) is 42.6 Å². The molecule has 1 aliphatic carbocycles. The van der Waals surface area contributed by atoms with Gasteiger partial charge in [-0.1, -0.05) is 95.9 Å². The predicted octanol–water partition coefficient (Wildman–Crippen LogP) is 9.23. The van der Waals surface area contributed by atoms with E-state index >= 15 is 0 Å². The van der Waals surface area contributed by atoms with Gasteiger partial charge >= 0.3 is 0 Å². The lowest BCUT2D eigenvalue weighted by molar-refractivity contribution is -0.659. The molecule has 1 nitrogen and oxygen atoms in total. The summed E-state index contributed by atoms with van der Waals surface area (Å²) in [4.78, 5) is 0. The Morgan fingerprint density at radius 1 is 0.811 bits per heavy atom. The fourth-order valence-electron chi connectivity index (χ4n) is 7.61. The summed E-state index contributed by atoms with van der Waals surface area (Å²) in [6.07, 6.45) is 7.76. The van der Waals surface area contributed by atoms with Crippen LogP contribution in [-0.4, -0.2) is 8.07 Å². The first kappa shape index (κ1) is 28.1. The molecule has 1 aliphatic rings. The van der Waals surface area contributed by atoms with Crippen LogP contribution < -0.4 is 9.75 Å². The van der Waals surface area contributed by atoms with Crippen molar-refractivity contribution in [3.8, 4) is 11.3 Å². The molecule has 0 bridgehead atoms. The third-order valence-corrected chi connectivity index (χ3v) is 15.2. The van der Waals surface area contributed by atoms with Crippen LogP contribution in [0.5, 0.6) is 0 Å². The van der Waals surface area contributed by atoms with E-state index in [9.17, 15) is 0 Å². The molecule has 0 unspecified atom stereocenters. The highest BCUT2D eigenvalue weighted by Crippen LogP contribution is 2.39. The predicted molar refractivity (Wildman–Crippen MR) is 166 cm³/mol.